The first-order chi connectivity index (χ1) is 19.1. The second kappa shape index (κ2) is 14.0. The molecule has 0 saturated carbocycles. The van der Waals surface area contributed by atoms with Crippen LogP contribution in [0, 0.1) is 0 Å². The maximum atomic E-state index is 13.5. The van der Waals surface area contributed by atoms with Crippen LogP contribution in [0.1, 0.15) is 47.5 Å². The van der Waals surface area contributed by atoms with Crippen LogP contribution >= 0.6 is 6.83 Å². The number of allylic oxidation sites excluding steroid dienone is 8. The van der Waals surface area contributed by atoms with E-state index in [1.165, 1.54) is 11.1 Å². The molecule has 0 aliphatic heterocycles. The molecule has 3 rings (SSSR count). The Bertz CT molecular complexity index is 1370. The molecule has 0 spiro atoms. The topological polar surface area (TPSA) is 43.4 Å². The first-order valence-corrected chi connectivity index (χ1v) is 17.8. The summed E-state index contributed by atoms with van der Waals surface area (Å²) in [6.45, 7) is 6.06. The third-order valence-corrected chi connectivity index (χ3v) is 15.1. The fourth-order valence-corrected chi connectivity index (χ4v) is 13.2. The molecule has 5 heteroatoms. The molecular formula is C35H43O3PS. The van der Waals surface area contributed by atoms with Gasteiger partial charge < -0.3 is 0 Å². The predicted molar refractivity (Wildman–Crippen MR) is 176 cm³/mol. The van der Waals surface area contributed by atoms with Gasteiger partial charge in [-0.2, -0.15) is 0 Å². The fourth-order valence-electron chi connectivity index (χ4n) is 4.88. The van der Waals surface area contributed by atoms with E-state index in [9.17, 15) is 8.42 Å². The van der Waals surface area contributed by atoms with E-state index in [-0.39, 0.29) is 5.75 Å². The molecular weight excluding hydrogens is 531 g/mol. The van der Waals surface area contributed by atoms with E-state index in [1.54, 1.807) is 6.92 Å². The first kappa shape index (κ1) is 31.5. The molecule has 3 aromatic carbocycles. The standard InChI is InChI=1S/C35H43O3PS/c1-6-40(36,37)38-39(33-22-10-7-11-23-33,34-24-12-8-13-25-34,35-26-14-9-15-27-35)29-28-32(5)21-17-20-31(4)19-16-18-30(2)3/h7-15,17-18,20-28H,6,16,19,29H2,1-5H3. The minimum absolute atomic E-state index is 0.114. The molecule has 0 radical (unpaired) electrons. The van der Waals surface area contributed by atoms with Gasteiger partial charge in [0.2, 0.25) is 0 Å². The van der Waals surface area contributed by atoms with Gasteiger partial charge in [0, 0.05) is 0 Å². The van der Waals surface area contributed by atoms with Crippen molar-refractivity contribution in [2.24, 2.45) is 0 Å². The molecule has 0 saturated heterocycles. The molecule has 0 bridgehead atoms. The minimum atomic E-state index is -4.03. The molecule has 40 heavy (non-hydrogen) atoms. The molecule has 0 aliphatic carbocycles. The van der Waals surface area contributed by atoms with E-state index in [0.29, 0.717) is 6.16 Å². The molecule has 0 amide bonds. The Morgan fingerprint density at radius 2 is 1.23 bits per heavy atom. The quantitative estimate of drug-likeness (QED) is 0.118. The summed E-state index contributed by atoms with van der Waals surface area (Å²) >= 11 is 0. The average molecular weight is 575 g/mol. The molecule has 3 nitrogen and oxygen atoms in total. The van der Waals surface area contributed by atoms with E-state index in [1.807, 2.05) is 91.0 Å². The van der Waals surface area contributed by atoms with Crippen molar-refractivity contribution in [1.29, 1.82) is 0 Å². The van der Waals surface area contributed by atoms with Gasteiger partial charge in [0.25, 0.3) is 0 Å². The Morgan fingerprint density at radius 3 is 1.65 bits per heavy atom. The molecule has 0 atom stereocenters. The van der Waals surface area contributed by atoms with Crippen LogP contribution in [0.15, 0.2) is 138 Å². The normalized spacial score (nSPS) is 14.1. The van der Waals surface area contributed by atoms with Gasteiger partial charge >= 0.3 is 243 Å². The van der Waals surface area contributed by atoms with Gasteiger partial charge in [-0.1, -0.05) is 0 Å². The van der Waals surface area contributed by atoms with Crippen molar-refractivity contribution in [3.8, 4) is 0 Å². The summed E-state index contributed by atoms with van der Waals surface area (Å²) in [5, 5.41) is 2.64. The Kier molecular flexibility index (Phi) is 11.0. The van der Waals surface area contributed by atoms with Crippen LogP contribution in [0.25, 0.3) is 0 Å². The molecule has 0 heterocycles. The number of benzene rings is 3. The summed E-state index contributed by atoms with van der Waals surface area (Å²) in [6, 6.07) is 29.7. The Hall–Kier alpha value is -3.04. The van der Waals surface area contributed by atoms with Crippen molar-refractivity contribution in [1.82, 2.24) is 0 Å². The van der Waals surface area contributed by atoms with E-state index in [0.717, 1.165) is 34.3 Å². The van der Waals surface area contributed by atoms with E-state index < -0.39 is 16.9 Å². The monoisotopic (exact) mass is 574 g/mol. The van der Waals surface area contributed by atoms with E-state index in [2.05, 4.69) is 58.1 Å². The summed E-state index contributed by atoms with van der Waals surface area (Å²) in [6.07, 6.45) is 13.2. The van der Waals surface area contributed by atoms with E-state index >= 15 is 0 Å². The summed E-state index contributed by atoms with van der Waals surface area (Å²) in [5.74, 6) is -0.114. The van der Waals surface area contributed by atoms with E-state index in [4.69, 9.17) is 3.97 Å². The fraction of sp³-hybridized carbons (Fsp3) is 0.257. The molecule has 0 aliphatic rings. The molecule has 212 valence electrons. The maximum absolute atomic E-state index is 13.5. The van der Waals surface area contributed by atoms with Gasteiger partial charge in [0.1, 0.15) is 0 Å². The third kappa shape index (κ3) is 7.37. The summed E-state index contributed by atoms with van der Waals surface area (Å²) in [5.41, 5.74) is 3.70. The number of hydrogen-bond donors (Lipinski definition) is 0. The van der Waals surface area contributed by atoms with Crippen LogP contribution < -0.4 is 15.9 Å². The van der Waals surface area contributed by atoms with Crippen molar-refractivity contribution in [2.45, 2.75) is 47.5 Å². The van der Waals surface area contributed by atoms with Crippen LogP contribution in [0.2, 0.25) is 0 Å². The van der Waals surface area contributed by atoms with Crippen LogP contribution in [-0.4, -0.2) is 20.3 Å². The predicted octanol–water partition coefficient (Wildman–Crippen LogP) is 7.99. The third-order valence-electron chi connectivity index (χ3n) is 7.13. The summed E-state index contributed by atoms with van der Waals surface area (Å²) < 4.78 is 33.7. The van der Waals surface area contributed by atoms with Crippen molar-refractivity contribution in [2.75, 3.05) is 11.9 Å². The zero-order chi connectivity index (χ0) is 29.1. The van der Waals surface area contributed by atoms with Crippen LogP contribution in [-0.2, 0) is 14.1 Å². The van der Waals surface area contributed by atoms with Crippen molar-refractivity contribution >= 4 is 32.9 Å². The molecule has 0 fully saturated rings. The van der Waals surface area contributed by atoms with Gasteiger partial charge in [0.15, 0.2) is 0 Å². The Labute approximate surface area is 242 Å². The molecule has 0 aromatic heterocycles. The number of rotatable bonds is 13. The molecule has 0 unspecified atom stereocenters. The average Bonchev–Trinajstić information content (AvgIpc) is 2.96. The summed E-state index contributed by atoms with van der Waals surface area (Å²) in [7, 11) is -3.87. The Morgan fingerprint density at radius 1 is 0.750 bits per heavy atom. The van der Waals surface area contributed by atoms with Gasteiger partial charge in [-0.05, 0) is 0 Å². The SMILES string of the molecule is CCS(=O)(=O)OP(CC=C(C)C=CC=C(C)CCC=C(C)C)(c1ccccc1)(c1ccccc1)c1ccccc1. The summed E-state index contributed by atoms with van der Waals surface area (Å²) in [4.78, 5) is 0. The molecule has 0 N–H and O–H groups in total. The van der Waals surface area contributed by atoms with Gasteiger partial charge in [0.05, 0.1) is 0 Å². The van der Waals surface area contributed by atoms with Gasteiger partial charge in [-0.25, -0.2) is 0 Å². The van der Waals surface area contributed by atoms with Crippen molar-refractivity contribution in [3.05, 3.63) is 138 Å². The second-order valence-electron chi connectivity index (χ2n) is 10.5. The Balaban J connectivity index is 2.23. The second-order valence-corrected chi connectivity index (χ2v) is 17.1. The zero-order valence-corrected chi connectivity index (χ0v) is 26.2. The van der Waals surface area contributed by atoms with Crippen molar-refractivity contribution in [3.63, 3.8) is 0 Å². The van der Waals surface area contributed by atoms with Gasteiger partial charge in [-0.3, -0.25) is 0 Å². The first-order valence-electron chi connectivity index (χ1n) is 13.9. The van der Waals surface area contributed by atoms with Crippen LogP contribution in [0.4, 0.5) is 0 Å². The van der Waals surface area contributed by atoms with Gasteiger partial charge in [-0.15, -0.1) is 0 Å². The van der Waals surface area contributed by atoms with Crippen LogP contribution in [0.3, 0.4) is 0 Å². The van der Waals surface area contributed by atoms with Crippen molar-refractivity contribution < 1.29 is 12.4 Å². The van der Waals surface area contributed by atoms with Crippen LogP contribution in [0.5, 0.6) is 0 Å². The molecule has 3 aromatic rings. The number of hydrogen-bond acceptors (Lipinski definition) is 3. The zero-order valence-electron chi connectivity index (χ0n) is 24.5.